The lowest BCUT2D eigenvalue weighted by atomic mass is 10.1. The van der Waals surface area contributed by atoms with Crippen molar-refractivity contribution in [1.82, 2.24) is 10.0 Å². The number of hydrogen-bond donors (Lipinski definition) is 2. The summed E-state index contributed by atoms with van der Waals surface area (Å²) in [7, 11) is -2.50. The fourth-order valence-corrected chi connectivity index (χ4v) is 3.75. The zero-order valence-corrected chi connectivity index (χ0v) is 16.4. The van der Waals surface area contributed by atoms with Crippen LogP contribution in [0.2, 0.25) is 0 Å². The minimum absolute atomic E-state index is 0.0637. The zero-order chi connectivity index (χ0) is 20.2. The van der Waals surface area contributed by atoms with Crippen molar-refractivity contribution in [1.29, 1.82) is 0 Å². The predicted molar refractivity (Wildman–Crippen MR) is 101 cm³/mol. The molecule has 2 N–H and O–H groups in total. The van der Waals surface area contributed by atoms with Crippen molar-refractivity contribution in [3.8, 4) is 5.75 Å². The molecule has 0 saturated carbocycles. The van der Waals surface area contributed by atoms with E-state index in [9.17, 15) is 17.6 Å². The average Bonchev–Trinajstić information content (AvgIpc) is 2.60. The van der Waals surface area contributed by atoms with Crippen LogP contribution >= 0.6 is 0 Å². The van der Waals surface area contributed by atoms with Gasteiger partial charge in [0, 0.05) is 12.1 Å². The average molecular weight is 394 g/mol. The van der Waals surface area contributed by atoms with Crippen LogP contribution < -0.4 is 14.8 Å². The maximum atomic E-state index is 13.0. The van der Waals surface area contributed by atoms with Crippen molar-refractivity contribution in [3.63, 3.8) is 0 Å². The molecular formula is C19H23FN2O4S. The van der Waals surface area contributed by atoms with Gasteiger partial charge in [0.25, 0.3) is 5.91 Å². The van der Waals surface area contributed by atoms with Crippen LogP contribution in [0.4, 0.5) is 4.39 Å². The van der Waals surface area contributed by atoms with Crippen LogP contribution in [0.25, 0.3) is 0 Å². The van der Waals surface area contributed by atoms with E-state index in [-0.39, 0.29) is 22.3 Å². The zero-order valence-electron chi connectivity index (χ0n) is 15.6. The largest absolute Gasteiger partial charge is 0.496 e. The number of nitrogens with one attached hydrogen (secondary N) is 2. The molecule has 0 saturated heterocycles. The van der Waals surface area contributed by atoms with E-state index >= 15 is 0 Å². The molecule has 0 heterocycles. The Balaban J connectivity index is 2.32. The molecule has 2 aromatic carbocycles. The van der Waals surface area contributed by atoms with E-state index in [1.54, 1.807) is 20.8 Å². The van der Waals surface area contributed by atoms with Gasteiger partial charge in [-0.3, -0.25) is 4.79 Å². The molecule has 1 atom stereocenters. The highest BCUT2D eigenvalue weighted by molar-refractivity contribution is 7.89. The van der Waals surface area contributed by atoms with E-state index < -0.39 is 27.8 Å². The second-order valence-corrected chi connectivity index (χ2v) is 8.10. The quantitative estimate of drug-likeness (QED) is 0.756. The monoisotopic (exact) mass is 394 g/mol. The van der Waals surface area contributed by atoms with E-state index in [1.165, 1.54) is 49.6 Å². The molecule has 2 rings (SSSR count). The Morgan fingerprint density at radius 2 is 1.70 bits per heavy atom. The number of rotatable bonds is 7. The van der Waals surface area contributed by atoms with Crippen LogP contribution in [0.15, 0.2) is 47.4 Å². The number of methoxy groups -OCH3 is 1. The van der Waals surface area contributed by atoms with E-state index in [0.29, 0.717) is 5.56 Å². The molecule has 1 amide bonds. The van der Waals surface area contributed by atoms with Crippen LogP contribution in [-0.2, 0) is 10.0 Å². The number of carbonyl (C=O) groups is 1. The summed E-state index contributed by atoms with van der Waals surface area (Å²) >= 11 is 0. The molecular weight excluding hydrogens is 371 g/mol. The van der Waals surface area contributed by atoms with Crippen LogP contribution in [0.3, 0.4) is 0 Å². The molecule has 27 heavy (non-hydrogen) atoms. The Morgan fingerprint density at radius 3 is 2.26 bits per heavy atom. The number of carbonyl (C=O) groups excluding carboxylic acids is 1. The summed E-state index contributed by atoms with van der Waals surface area (Å²) in [6.07, 6.45) is 0. The summed E-state index contributed by atoms with van der Waals surface area (Å²) in [5, 5.41) is 2.71. The predicted octanol–water partition coefficient (Wildman–Crippen LogP) is 3.01. The topological polar surface area (TPSA) is 84.5 Å². The van der Waals surface area contributed by atoms with Gasteiger partial charge in [-0.2, -0.15) is 0 Å². The molecule has 0 aliphatic heterocycles. The first kappa shape index (κ1) is 20.9. The highest BCUT2D eigenvalue weighted by Gasteiger charge is 2.22. The van der Waals surface area contributed by atoms with Crippen LogP contribution in [0.5, 0.6) is 5.75 Å². The summed E-state index contributed by atoms with van der Waals surface area (Å²) in [4.78, 5) is 12.3. The molecule has 146 valence electrons. The van der Waals surface area contributed by atoms with Crippen molar-refractivity contribution in [2.75, 3.05) is 7.11 Å². The lowest BCUT2D eigenvalue weighted by Crippen LogP contribution is -2.31. The minimum Gasteiger partial charge on any atom is -0.496 e. The Bertz CT molecular complexity index is 912. The van der Waals surface area contributed by atoms with Crippen molar-refractivity contribution in [3.05, 3.63) is 59.4 Å². The lowest BCUT2D eigenvalue weighted by molar-refractivity contribution is 0.0940. The van der Waals surface area contributed by atoms with Gasteiger partial charge in [-0.1, -0.05) is 12.1 Å². The highest BCUT2D eigenvalue weighted by atomic mass is 32.2. The van der Waals surface area contributed by atoms with Crippen molar-refractivity contribution in [2.24, 2.45) is 0 Å². The Kier molecular flexibility index (Phi) is 6.56. The van der Waals surface area contributed by atoms with Crippen molar-refractivity contribution < 1.29 is 22.3 Å². The van der Waals surface area contributed by atoms with Gasteiger partial charge in [0.2, 0.25) is 10.0 Å². The number of halogens is 1. The first-order valence-corrected chi connectivity index (χ1v) is 9.89. The summed E-state index contributed by atoms with van der Waals surface area (Å²) in [5.74, 6) is -0.547. The molecule has 6 nitrogen and oxygen atoms in total. The molecule has 0 fully saturated rings. The van der Waals surface area contributed by atoms with Gasteiger partial charge in [0.15, 0.2) is 0 Å². The third-order valence-corrected chi connectivity index (χ3v) is 5.39. The molecule has 0 bridgehead atoms. The SMILES string of the molecule is COc1ccc(S(=O)(=O)NC(C)c2ccc(F)cc2)cc1C(=O)NC(C)C. The molecule has 8 heteroatoms. The van der Waals surface area contributed by atoms with E-state index in [2.05, 4.69) is 10.0 Å². The number of sulfonamides is 1. The first-order valence-electron chi connectivity index (χ1n) is 8.40. The van der Waals surface area contributed by atoms with E-state index in [1.807, 2.05) is 0 Å². The smallest absolute Gasteiger partial charge is 0.255 e. The summed E-state index contributed by atoms with van der Waals surface area (Å²) < 4.78 is 46.2. The maximum Gasteiger partial charge on any atom is 0.255 e. The Labute approximate surface area is 158 Å². The Morgan fingerprint density at radius 1 is 1.07 bits per heavy atom. The van der Waals surface area contributed by atoms with Gasteiger partial charge in [0.05, 0.1) is 17.6 Å². The van der Waals surface area contributed by atoms with E-state index in [4.69, 9.17) is 4.74 Å². The number of hydrogen-bond acceptors (Lipinski definition) is 4. The van der Waals surface area contributed by atoms with Crippen molar-refractivity contribution >= 4 is 15.9 Å². The number of amides is 1. The molecule has 0 aliphatic carbocycles. The van der Waals surface area contributed by atoms with Crippen LogP contribution in [0, 0.1) is 5.82 Å². The minimum atomic E-state index is -3.91. The van der Waals surface area contributed by atoms with Gasteiger partial charge in [0.1, 0.15) is 11.6 Å². The number of benzene rings is 2. The van der Waals surface area contributed by atoms with Gasteiger partial charge < -0.3 is 10.1 Å². The molecule has 2 aromatic rings. The molecule has 0 spiro atoms. The maximum absolute atomic E-state index is 13.0. The molecule has 1 unspecified atom stereocenters. The highest BCUT2D eigenvalue weighted by Crippen LogP contribution is 2.24. The van der Waals surface area contributed by atoms with Crippen molar-refractivity contribution in [2.45, 2.75) is 37.8 Å². The third-order valence-electron chi connectivity index (χ3n) is 3.85. The van der Waals surface area contributed by atoms with Crippen LogP contribution in [0.1, 0.15) is 42.7 Å². The molecule has 0 radical (unpaired) electrons. The van der Waals surface area contributed by atoms with Crippen LogP contribution in [-0.4, -0.2) is 27.5 Å². The van der Waals surface area contributed by atoms with Gasteiger partial charge in [-0.25, -0.2) is 17.5 Å². The summed E-state index contributed by atoms with van der Waals surface area (Å²) in [5.41, 5.74) is 0.745. The standard InChI is InChI=1S/C19H23FN2O4S/c1-12(2)21-19(23)17-11-16(9-10-18(17)26-4)27(24,25)22-13(3)14-5-7-15(20)8-6-14/h5-13,22H,1-4H3,(H,21,23). The fourth-order valence-electron chi connectivity index (χ4n) is 2.49. The second kappa shape index (κ2) is 8.49. The molecule has 0 aromatic heterocycles. The van der Waals surface area contributed by atoms with E-state index in [0.717, 1.165) is 0 Å². The first-order chi connectivity index (χ1) is 12.6. The molecule has 0 aliphatic rings. The third kappa shape index (κ3) is 5.27. The second-order valence-electron chi connectivity index (χ2n) is 6.38. The van der Waals surface area contributed by atoms with Gasteiger partial charge in [-0.05, 0) is 56.7 Å². The fraction of sp³-hybridized carbons (Fsp3) is 0.316. The van der Waals surface area contributed by atoms with Gasteiger partial charge >= 0.3 is 0 Å². The summed E-state index contributed by atoms with van der Waals surface area (Å²) in [6.45, 7) is 5.26. The summed E-state index contributed by atoms with van der Waals surface area (Å²) in [6, 6.07) is 8.94. The van der Waals surface area contributed by atoms with Gasteiger partial charge in [-0.15, -0.1) is 0 Å². The Hall–Kier alpha value is -2.45. The normalized spacial score (nSPS) is 12.7. The number of ether oxygens (including phenoxy) is 1. The lowest BCUT2D eigenvalue weighted by Gasteiger charge is -2.16.